The summed E-state index contributed by atoms with van der Waals surface area (Å²) in [6.45, 7) is 3.01. The van der Waals surface area contributed by atoms with Crippen molar-refractivity contribution in [3.8, 4) is 17.8 Å². The van der Waals surface area contributed by atoms with Gasteiger partial charge >= 0.3 is 6.01 Å². The Morgan fingerprint density at radius 3 is 2.06 bits per heavy atom. The van der Waals surface area contributed by atoms with Crippen LogP contribution in [0.2, 0.25) is 5.02 Å². The molecule has 0 N–H and O–H groups in total. The van der Waals surface area contributed by atoms with Crippen molar-refractivity contribution in [1.82, 2.24) is 9.97 Å². The highest BCUT2D eigenvalue weighted by Crippen LogP contribution is 2.32. The standard InChI is InChI=1S/C10H13ClN2O4/c1-5(14)6(2)17-10-12-8(15-3)7(11)9(13-10)16-4/h6H,1-4H3. The van der Waals surface area contributed by atoms with E-state index in [1.54, 1.807) is 6.92 Å². The number of ketones is 1. The van der Waals surface area contributed by atoms with Gasteiger partial charge in [-0.2, -0.15) is 9.97 Å². The van der Waals surface area contributed by atoms with Crippen molar-refractivity contribution in [1.29, 1.82) is 0 Å². The molecule has 1 aromatic heterocycles. The first-order valence-electron chi connectivity index (χ1n) is 4.82. The van der Waals surface area contributed by atoms with E-state index in [1.807, 2.05) is 0 Å². The van der Waals surface area contributed by atoms with E-state index in [4.69, 9.17) is 25.8 Å². The van der Waals surface area contributed by atoms with Gasteiger partial charge in [-0.1, -0.05) is 11.6 Å². The molecular formula is C10H13ClN2O4. The van der Waals surface area contributed by atoms with Crippen LogP contribution in [-0.2, 0) is 4.79 Å². The normalized spacial score (nSPS) is 11.8. The molecule has 0 spiro atoms. The van der Waals surface area contributed by atoms with Gasteiger partial charge in [0.05, 0.1) is 14.2 Å². The monoisotopic (exact) mass is 260 g/mol. The molecular weight excluding hydrogens is 248 g/mol. The Balaban J connectivity index is 3.05. The summed E-state index contributed by atoms with van der Waals surface area (Å²) < 4.78 is 15.1. The summed E-state index contributed by atoms with van der Waals surface area (Å²) >= 11 is 5.88. The van der Waals surface area contributed by atoms with Crippen LogP contribution in [-0.4, -0.2) is 36.1 Å². The Kier molecular flexibility index (Phi) is 4.51. The Labute approximate surface area is 104 Å². The summed E-state index contributed by atoms with van der Waals surface area (Å²) in [5, 5.41) is 0.151. The Morgan fingerprint density at radius 1 is 1.24 bits per heavy atom. The smallest absolute Gasteiger partial charge is 0.323 e. The molecule has 0 aliphatic heterocycles. The molecule has 0 fully saturated rings. The van der Waals surface area contributed by atoms with Gasteiger partial charge in [-0.3, -0.25) is 4.79 Å². The van der Waals surface area contributed by atoms with Crippen molar-refractivity contribution in [2.24, 2.45) is 0 Å². The van der Waals surface area contributed by atoms with Crippen LogP contribution in [0.4, 0.5) is 0 Å². The first-order chi connectivity index (χ1) is 7.99. The van der Waals surface area contributed by atoms with Crippen molar-refractivity contribution in [2.75, 3.05) is 14.2 Å². The fourth-order valence-electron chi connectivity index (χ4n) is 0.953. The number of hydrogen-bond donors (Lipinski definition) is 0. The zero-order valence-corrected chi connectivity index (χ0v) is 10.7. The number of Topliss-reactive ketones (excluding diaryl/α,β-unsaturated/α-hetero) is 1. The van der Waals surface area contributed by atoms with Gasteiger partial charge in [0.1, 0.15) is 0 Å². The second-order valence-electron chi connectivity index (χ2n) is 3.21. The van der Waals surface area contributed by atoms with Crippen LogP contribution in [0.15, 0.2) is 0 Å². The zero-order valence-electron chi connectivity index (χ0n) is 9.98. The van der Waals surface area contributed by atoms with Gasteiger partial charge in [0, 0.05) is 0 Å². The minimum absolute atomic E-state index is 0.0224. The van der Waals surface area contributed by atoms with Gasteiger partial charge < -0.3 is 14.2 Å². The third-order valence-electron chi connectivity index (χ3n) is 2.01. The first-order valence-corrected chi connectivity index (χ1v) is 5.20. The van der Waals surface area contributed by atoms with Crippen LogP contribution in [0.5, 0.6) is 17.8 Å². The molecule has 0 amide bonds. The lowest BCUT2D eigenvalue weighted by Crippen LogP contribution is -2.22. The number of rotatable bonds is 5. The van der Waals surface area contributed by atoms with E-state index < -0.39 is 6.10 Å². The molecule has 94 valence electrons. The van der Waals surface area contributed by atoms with Crippen molar-refractivity contribution >= 4 is 17.4 Å². The van der Waals surface area contributed by atoms with E-state index in [0.29, 0.717) is 0 Å². The lowest BCUT2D eigenvalue weighted by molar-refractivity contribution is -0.123. The lowest BCUT2D eigenvalue weighted by Gasteiger charge is -2.12. The summed E-state index contributed by atoms with van der Waals surface area (Å²) in [4.78, 5) is 18.9. The van der Waals surface area contributed by atoms with Crippen LogP contribution < -0.4 is 14.2 Å². The highest BCUT2D eigenvalue weighted by atomic mass is 35.5. The van der Waals surface area contributed by atoms with E-state index in [9.17, 15) is 4.79 Å². The molecule has 1 aromatic rings. The summed E-state index contributed by atoms with van der Waals surface area (Å²) in [5.41, 5.74) is 0. The van der Waals surface area contributed by atoms with Crippen LogP contribution >= 0.6 is 11.6 Å². The molecule has 1 heterocycles. The number of ether oxygens (including phenoxy) is 3. The summed E-state index contributed by atoms with van der Waals surface area (Å²) in [7, 11) is 2.82. The molecule has 0 aliphatic rings. The molecule has 1 unspecified atom stereocenters. The third-order valence-corrected chi connectivity index (χ3v) is 2.33. The second kappa shape index (κ2) is 5.67. The quantitative estimate of drug-likeness (QED) is 0.799. The maximum atomic E-state index is 11.1. The van der Waals surface area contributed by atoms with Gasteiger partial charge in [0.15, 0.2) is 16.9 Å². The Bertz CT molecular complexity index is 400. The second-order valence-corrected chi connectivity index (χ2v) is 3.59. The number of carbonyl (C=O) groups excluding carboxylic acids is 1. The number of nitrogens with zero attached hydrogens (tertiary/aromatic N) is 2. The zero-order chi connectivity index (χ0) is 13.0. The third kappa shape index (κ3) is 3.20. The maximum Gasteiger partial charge on any atom is 0.323 e. The van der Waals surface area contributed by atoms with Gasteiger partial charge in [-0.15, -0.1) is 0 Å². The molecule has 0 saturated heterocycles. The summed E-state index contributed by atoms with van der Waals surface area (Å²) in [5.74, 6) is 0.120. The molecule has 0 aliphatic carbocycles. The average Bonchev–Trinajstić information content (AvgIpc) is 2.30. The minimum Gasteiger partial charge on any atom is -0.480 e. The molecule has 7 heteroatoms. The van der Waals surface area contributed by atoms with Crippen molar-refractivity contribution in [2.45, 2.75) is 20.0 Å². The topological polar surface area (TPSA) is 70.5 Å². The van der Waals surface area contributed by atoms with Gasteiger partial charge in [-0.25, -0.2) is 0 Å². The van der Waals surface area contributed by atoms with Crippen molar-refractivity contribution < 1.29 is 19.0 Å². The van der Waals surface area contributed by atoms with Gasteiger partial charge in [-0.05, 0) is 13.8 Å². The molecule has 0 radical (unpaired) electrons. The van der Waals surface area contributed by atoms with Crippen LogP contribution in [0.25, 0.3) is 0 Å². The largest absolute Gasteiger partial charge is 0.480 e. The predicted octanol–water partition coefficient (Wildman–Crippen LogP) is 1.50. The summed E-state index contributed by atoms with van der Waals surface area (Å²) in [6, 6.07) is -0.0224. The van der Waals surface area contributed by atoms with E-state index >= 15 is 0 Å². The molecule has 0 bridgehead atoms. The molecule has 0 saturated carbocycles. The fourth-order valence-corrected chi connectivity index (χ4v) is 1.19. The van der Waals surface area contributed by atoms with Crippen LogP contribution in [0.1, 0.15) is 13.8 Å². The molecule has 17 heavy (non-hydrogen) atoms. The molecule has 1 atom stereocenters. The average molecular weight is 261 g/mol. The number of aromatic nitrogens is 2. The van der Waals surface area contributed by atoms with E-state index in [1.165, 1.54) is 21.1 Å². The van der Waals surface area contributed by atoms with Gasteiger partial charge in [0.25, 0.3) is 0 Å². The highest BCUT2D eigenvalue weighted by Gasteiger charge is 2.17. The van der Waals surface area contributed by atoms with Crippen LogP contribution in [0.3, 0.4) is 0 Å². The highest BCUT2D eigenvalue weighted by molar-refractivity contribution is 6.33. The fraction of sp³-hybridized carbons (Fsp3) is 0.500. The van der Waals surface area contributed by atoms with E-state index in [0.717, 1.165) is 0 Å². The van der Waals surface area contributed by atoms with Gasteiger partial charge in [0.2, 0.25) is 11.8 Å². The minimum atomic E-state index is -0.648. The summed E-state index contributed by atoms with van der Waals surface area (Å²) in [6.07, 6.45) is -0.648. The predicted molar refractivity (Wildman–Crippen MR) is 60.9 cm³/mol. The number of halogens is 1. The number of hydrogen-bond acceptors (Lipinski definition) is 6. The van der Waals surface area contributed by atoms with E-state index in [-0.39, 0.29) is 28.6 Å². The first kappa shape index (κ1) is 13.5. The number of carbonyl (C=O) groups is 1. The van der Waals surface area contributed by atoms with E-state index in [2.05, 4.69) is 9.97 Å². The van der Waals surface area contributed by atoms with Crippen molar-refractivity contribution in [3.05, 3.63) is 5.02 Å². The Hall–Kier alpha value is -1.56. The Morgan fingerprint density at radius 2 is 1.71 bits per heavy atom. The molecule has 1 rings (SSSR count). The number of methoxy groups -OCH3 is 2. The molecule has 0 aromatic carbocycles. The SMILES string of the molecule is COc1nc(OC(C)C(C)=O)nc(OC)c1Cl. The van der Waals surface area contributed by atoms with Crippen molar-refractivity contribution in [3.63, 3.8) is 0 Å². The lowest BCUT2D eigenvalue weighted by atomic mass is 10.3. The maximum absolute atomic E-state index is 11.1. The molecule has 6 nitrogen and oxygen atoms in total. The van der Waals surface area contributed by atoms with Crippen LogP contribution in [0, 0.1) is 0 Å².